The van der Waals surface area contributed by atoms with Crippen LogP contribution in [0.5, 0.6) is 0 Å². The van der Waals surface area contributed by atoms with Gasteiger partial charge in [0.25, 0.3) is 15.9 Å². The maximum Gasteiger partial charge on any atom is 0.275 e. The molecule has 0 fully saturated rings. The number of hydrogen-bond acceptors (Lipinski definition) is 10. The Balaban J connectivity index is 1.24. The van der Waals surface area contributed by atoms with Crippen LogP contribution in [0.2, 0.25) is 0 Å². The van der Waals surface area contributed by atoms with Crippen LogP contribution < -0.4 is 10.0 Å². The number of fused-ring (bicyclic) bond motifs is 2. The van der Waals surface area contributed by atoms with E-state index in [9.17, 15) is 17.6 Å². The highest BCUT2D eigenvalue weighted by Crippen LogP contribution is 2.32. The minimum Gasteiger partial charge on any atom is -0.333 e. The predicted octanol–water partition coefficient (Wildman–Crippen LogP) is 5.70. The molecule has 17 heteroatoms. The van der Waals surface area contributed by atoms with Gasteiger partial charge in [0.1, 0.15) is 35.0 Å². The largest absolute Gasteiger partial charge is 0.333 e. The molecule has 256 valence electrons. The van der Waals surface area contributed by atoms with E-state index >= 15 is 8.78 Å². The first kappa shape index (κ1) is 33.0. The SMILES string of the molecule is Cc1c(F)cccc1S(=O)(=O)Nc1ccc(F)c(Nc2ncnc3ccc(-n4nc(C(=O)N(C)Cc5ncccn5)c5ccccc54)nc23)c1F. The van der Waals surface area contributed by atoms with Crippen molar-refractivity contribution in [3.63, 3.8) is 0 Å². The van der Waals surface area contributed by atoms with Gasteiger partial charge in [-0.1, -0.05) is 24.3 Å². The second-order valence-electron chi connectivity index (χ2n) is 11.2. The molecule has 0 saturated carbocycles. The lowest BCUT2D eigenvalue weighted by Crippen LogP contribution is -2.27. The van der Waals surface area contributed by atoms with E-state index in [1.165, 1.54) is 22.6 Å². The van der Waals surface area contributed by atoms with Crippen molar-refractivity contribution in [3.8, 4) is 5.82 Å². The first-order chi connectivity index (χ1) is 24.5. The number of anilines is 3. The summed E-state index contributed by atoms with van der Waals surface area (Å²) in [5.41, 5.74) is -0.429. The average molecular weight is 711 g/mol. The summed E-state index contributed by atoms with van der Waals surface area (Å²) >= 11 is 0. The van der Waals surface area contributed by atoms with Gasteiger partial charge in [-0.3, -0.25) is 9.52 Å². The highest BCUT2D eigenvalue weighted by molar-refractivity contribution is 7.92. The van der Waals surface area contributed by atoms with Crippen LogP contribution >= 0.6 is 0 Å². The molecule has 0 saturated heterocycles. The van der Waals surface area contributed by atoms with Crippen molar-refractivity contribution in [3.05, 3.63) is 126 Å². The highest BCUT2D eigenvalue weighted by atomic mass is 32.2. The number of nitrogens with zero attached hydrogens (tertiary/aromatic N) is 8. The summed E-state index contributed by atoms with van der Waals surface area (Å²) in [7, 11) is -2.86. The van der Waals surface area contributed by atoms with Crippen molar-refractivity contribution in [2.24, 2.45) is 0 Å². The number of amides is 1. The fraction of sp³-hybridized carbons (Fsp3) is 0.0882. The predicted molar refractivity (Wildman–Crippen MR) is 181 cm³/mol. The number of pyridine rings is 1. The molecule has 0 aliphatic heterocycles. The molecule has 7 aromatic rings. The van der Waals surface area contributed by atoms with Gasteiger partial charge >= 0.3 is 0 Å². The van der Waals surface area contributed by atoms with Crippen LogP contribution in [-0.2, 0) is 16.6 Å². The zero-order valence-electron chi connectivity index (χ0n) is 26.7. The van der Waals surface area contributed by atoms with Crippen LogP contribution in [0, 0.1) is 24.4 Å². The van der Waals surface area contributed by atoms with E-state index in [1.54, 1.807) is 61.9 Å². The molecule has 3 aromatic carbocycles. The quantitative estimate of drug-likeness (QED) is 0.190. The average Bonchev–Trinajstić information content (AvgIpc) is 3.52. The van der Waals surface area contributed by atoms with E-state index in [-0.39, 0.29) is 35.0 Å². The third kappa shape index (κ3) is 6.25. The lowest BCUT2D eigenvalue weighted by atomic mass is 10.2. The third-order valence-electron chi connectivity index (χ3n) is 7.91. The van der Waals surface area contributed by atoms with Crippen LogP contribution in [0.1, 0.15) is 21.9 Å². The number of halogens is 3. The fourth-order valence-corrected chi connectivity index (χ4v) is 6.67. The van der Waals surface area contributed by atoms with E-state index in [0.29, 0.717) is 22.2 Å². The molecule has 0 spiro atoms. The molecule has 0 radical (unpaired) electrons. The molecule has 7 rings (SSSR count). The summed E-state index contributed by atoms with van der Waals surface area (Å²) in [5, 5.41) is 7.74. The summed E-state index contributed by atoms with van der Waals surface area (Å²) in [6.45, 7) is 1.41. The Morgan fingerprint density at radius 2 is 1.67 bits per heavy atom. The van der Waals surface area contributed by atoms with E-state index in [1.807, 2.05) is 0 Å². The van der Waals surface area contributed by atoms with Crippen molar-refractivity contribution < 1.29 is 26.4 Å². The maximum atomic E-state index is 15.8. The van der Waals surface area contributed by atoms with E-state index in [4.69, 9.17) is 0 Å². The van der Waals surface area contributed by atoms with Gasteiger partial charge < -0.3 is 10.2 Å². The number of nitrogens with one attached hydrogen (secondary N) is 2. The minimum atomic E-state index is -4.47. The molecule has 0 aliphatic carbocycles. The van der Waals surface area contributed by atoms with E-state index < -0.39 is 49.7 Å². The number of aromatic nitrogens is 7. The standard InChI is InChI=1S/C34H25F3N10O3S/c1-19-21(35)8-5-10-26(19)51(49,50)45-23-12-11-22(36)31(29(23)37)43-33-32-24(40-18-41-33)13-14-28(42-32)47-25-9-4-3-7-20(25)30(44-47)34(48)46(2)17-27-38-15-6-16-39-27/h3-16,18,45H,17H2,1-2H3,(H,40,41,43). The highest BCUT2D eigenvalue weighted by Gasteiger charge is 2.25. The normalized spacial score (nSPS) is 11.5. The third-order valence-corrected chi connectivity index (χ3v) is 9.41. The van der Waals surface area contributed by atoms with E-state index in [2.05, 4.69) is 40.1 Å². The van der Waals surface area contributed by atoms with Gasteiger partial charge in [0.2, 0.25) is 0 Å². The summed E-state index contributed by atoms with van der Waals surface area (Å²) in [6, 6.07) is 17.2. The van der Waals surface area contributed by atoms with Crippen LogP contribution in [0.15, 0.2) is 96.4 Å². The molecule has 1 amide bonds. The first-order valence-electron chi connectivity index (χ1n) is 15.2. The van der Waals surface area contributed by atoms with Crippen molar-refractivity contribution in [2.75, 3.05) is 17.1 Å². The Bertz CT molecular complexity index is 2590. The molecule has 4 heterocycles. The maximum absolute atomic E-state index is 15.8. The summed E-state index contributed by atoms with van der Waals surface area (Å²) < 4.78 is 74.7. The van der Waals surface area contributed by atoms with Gasteiger partial charge in [0.15, 0.2) is 23.1 Å². The number of para-hydroxylation sites is 1. The molecular weight excluding hydrogens is 686 g/mol. The van der Waals surface area contributed by atoms with Crippen molar-refractivity contribution in [2.45, 2.75) is 18.4 Å². The number of sulfonamides is 1. The molecule has 0 unspecified atom stereocenters. The molecular formula is C34H25F3N10O3S. The van der Waals surface area contributed by atoms with Gasteiger partial charge in [0, 0.05) is 30.4 Å². The molecule has 0 aliphatic rings. The van der Waals surface area contributed by atoms with Gasteiger partial charge in [-0.15, -0.1) is 0 Å². The zero-order chi connectivity index (χ0) is 35.9. The fourth-order valence-electron chi connectivity index (χ4n) is 5.36. The van der Waals surface area contributed by atoms with Crippen LogP contribution in [0.25, 0.3) is 27.8 Å². The Morgan fingerprint density at radius 1 is 0.882 bits per heavy atom. The molecule has 0 bridgehead atoms. The molecule has 13 nitrogen and oxygen atoms in total. The number of rotatable bonds is 9. The van der Waals surface area contributed by atoms with Gasteiger partial charge in [-0.25, -0.2) is 51.2 Å². The molecule has 2 N–H and O–H groups in total. The number of carbonyl (C=O) groups excluding carboxylic acids is 1. The van der Waals surface area contributed by atoms with Crippen molar-refractivity contribution >= 4 is 55.1 Å². The lowest BCUT2D eigenvalue weighted by molar-refractivity contribution is 0.0777. The van der Waals surface area contributed by atoms with Crippen LogP contribution in [0.4, 0.5) is 30.4 Å². The monoisotopic (exact) mass is 710 g/mol. The van der Waals surface area contributed by atoms with Gasteiger partial charge in [-0.2, -0.15) is 5.10 Å². The van der Waals surface area contributed by atoms with Gasteiger partial charge in [0.05, 0.1) is 28.2 Å². The topological polar surface area (TPSA) is 161 Å². The Labute approximate surface area is 287 Å². The molecule has 0 atom stereocenters. The van der Waals surface area contributed by atoms with Crippen LogP contribution in [-0.4, -0.2) is 61.0 Å². The van der Waals surface area contributed by atoms with Crippen LogP contribution in [0.3, 0.4) is 0 Å². The Kier molecular flexibility index (Phi) is 8.48. The Morgan fingerprint density at radius 3 is 2.47 bits per heavy atom. The molecule has 51 heavy (non-hydrogen) atoms. The number of carbonyl (C=O) groups is 1. The smallest absolute Gasteiger partial charge is 0.275 e. The zero-order valence-corrected chi connectivity index (χ0v) is 27.5. The second-order valence-corrected chi connectivity index (χ2v) is 12.9. The number of hydrogen-bond donors (Lipinski definition) is 2. The molecule has 4 aromatic heterocycles. The lowest BCUT2D eigenvalue weighted by Gasteiger charge is -2.15. The van der Waals surface area contributed by atoms with Crippen molar-refractivity contribution in [1.29, 1.82) is 0 Å². The van der Waals surface area contributed by atoms with Crippen molar-refractivity contribution in [1.82, 2.24) is 39.6 Å². The number of benzene rings is 3. The minimum absolute atomic E-state index is 0.0842. The second kappa shape index (κ2) is 13.1. The van der Waals surface area contributed by atoms with Gasteiger partial charge in [-0.05, 0) is 55.5 Å². The summed E-state index contributed by atoms with van der Waals surface area (Å²) in [4.78, 5) is 36.0. The Hall–Kier alpha value is -6.49. The van der Waals surface area contributed by atoms with E-state index in [0.717, 1.165) is 30.6 Å². The summed E-state index contributed by atoms with van der Waals surface area (Å²) in [6.07, 6.45) is 4.33. The summed E-state index contributed by atoms with van der Waals surface area (Å²) in [5.74, 6) is -2.94. The first-order valence-corrected chi connectivity index (χ1v) is 16.6.